The van der Waals surface area contributed by atoms with Crippen molar-refractivity contribution in [3.8, 4) is 0 Å². The zero-order valence-electron chi connectivity index (χ0n) is 4.99. The molecule has 0 spiro atoms. The molecule has 0 aromatic carbocycles. The molecule has 1 N–H and O–H groups in total. The Kier molecular flexibility index (Phi) is 3.86. The van der Waals surface area contributed by atoms with Crippen LogP contribution in [0.5, 0.6) is 0 Å². The summed E-state index contributed by atoms with van der Waals surface area (Å²) in [5.41, 5.74) is 0. The molecule has 0 atom stereocenters. The van der Waals surface area contributed by atoms with Crippen LogP contribution in [0, 0.1) is 0 Å². The van der Waals surface area contributed by atoms with Crippen molar-refractivity contribution in [2.75, 3.05) is 0 Å². The van der Waals surface area contributed by atoms with Crippen LogP contribution >= 0.6 is 0 Å². The van der Waals surface area contributed by atoms with Crippen molar-refractivity contribution in [3.05, 3.63) is 0 Å². The Morgan fingerprint density at radius 2 is 1.60 bits per heavy atom. The topological polar surface area (TPSA) is 80.7 Å². The van der Waals surface area contributed by atoms with Crippen molar-refractivity contribution in [2.24, 2.45) is 0 Å². The molecule has 0 unspecified atom stereocenters. The average Bonchev–Trinajstić information content (AvgIpc) is 2.17. The highest BCUT2D eigenvalue weighted by atomic mass is 16.6. The van der Waals surface area contributed by atoms with Gasteiger partial charge in [0.2, 0.25) is 0 Å². The Bertz CT molecular complexity index is 136. The van der Waals surface area contributed by atoms with E-state index < -0.39 is 11.9 Å². The fraction of sp³-hybridized carbons (Fsp3) is 0.400. The lowest BCUT2D eigenvalue weighted by atomic mass is 10.4. The zero-order valence-corrected chi connectivity index (χ0v) is 4.99. The Hall–Kier alpha value is -1.39. The molecule has 1 aliphatic heterocycles. The van der Waals surface area contributed by atoms with Crippen LogP contribution in [0.15, 0.2) is 0 Å². The summed E-state index contributed by atoms with van der Waals surface area (Å²) in [5.74, 6) is -0.796. The number of hydrogen-bond donors (Lipinski definition) is 1. The van der Waals surface area contributed by atoms with Gasteiger partial charge in [0.05, 0.1) is 12.8 Å². The molecular weight excluding hydrogens is 140 g/mol. The highest BCUT2D eigenvalue weighted by Gasteiger charge is 2.19. The number of ether oxygens (including phenoxy) is 1. The number of cyclic esters (lactones) is 2. The summed E-state index contributed by atoms with van der Waals surface area (Å²) in [6.45, 7) is 0.500. The van der Waals surface area contributed by atoms with E-state index in [2.05, 4.69) is 4.74 Å². The van der Waals surface area contributed by atoms with Crippen molar-refractivity contribution in [2.45, 2.75) is 12.8 Å². The summed E-state index contributed by atoms with van der Waals surface area (Å²) in [7, 11) is 0. The van der Waals surface area contributed by atoms with E-state index in [4.69, 9.17) is 9.90 Å². The molecule has 1 saturated heterocycles. The molecular formula is C5H5O5. The van der Waals surface area contributed by atoms with Crippen LogP contribution in [0.2, 0.25) is 0 Å². The third kappa shape index (κ3) is 3.59. The lowest BCUT2D eigenvalue weighted by molar-refractivity contribution is -0.151. The van der Waals surface area contributed by atoms with Gasteiger partial charge in [0.1, 0.15) is 0 Å². The Labute approximate surface area is 56.6 Å². The van der Waals surface area contributed by atoms with Gasteiger partial charge in [-0.25, -0.2) is 4.79 Å². The minimum Gasteiger partial charge on any atom is -0.473 e. The summed E-state index contributed by atoms with van der Waals surface area (Å²) >= 11 is 0. The van der Waals surface area contributed by atoms with Gasteiger partial charge >= 0.3 is 18.4 Å². The first-order valence-corrected chi connectivity index (χ1v) is 2.45. The molecule has 10 heavy (non-hydrogen) atoms. The van der Waals surface area contributed by atoms with Gasteiger partial charge in [-0.1, -0.05) is 0 Å². The van der Waals surface area contributed by atoms with Crippen molar-refractivity contribution < 1.29 is 24.2 Å². The number of carbonyl (C=O) groups is 2. The van der Waals surface area contributed by atoms with E-state index in [9.17, 15) is 9.59 Å². The highest BCUT2D eigenvalue weighted by molar-refractivity contribution is 5.92. The van der Waals surface area contributed by atoms with Crippen LogP contribution in [0.25, 0.3) is 0 Å². The molecule has 5 nitrogen and oxygen atoms in total. The standard InChI is InChI=1S/C4H4O3.CHO2/c5-3-1-2-4(6)7-3;2-1-3/h1-2H2;(H,2,3). The Balaban J connectivity index is 0.000000236. The summed E-state index contributed by atoms with van der Waals surface area (Å²) in [4.78, 5) is 28.3. The summed E-state index contributed by atoms with van der Waals surface area (Å²) in [6.07, 6.45) is 0.525. The van der Waals surface area contributed by atoms with Crippen molar-refractivity contribution in [3.63, 3.8) is 0 Å². The lowest BCUT2D eigenvalue weighted by Crippen LogP contribution is -1.94. The van der Waals surface area contributed by atoms with E-state index in [1.54, 1.807) is 0 Å². The summed E-state index contributed by atoms with van der Waals surface area (Å²) < 4.78 is 4.08. The van der Waals surface area contributed by atoms with E-state index >= 15 is 0 Å². The number of rotatable bonds is 0. The average molecular weight is 145 g/mol. The fourth-order valence-corrected chi connectivity index (χ4v) is 0.433. The second-order valence-electron chi connectivity index (χ2n) is 1.44. The normalized spacial score (nSPS) is 15.2. The molecule has 1 radical (unpaired) electrons. The maximum atomic E-state index is 10.0. The second-order valence-corrected chi connectivity index (χ2v) is 1.44. The predicted molar refractivity (Wildman–Crippen MR) is 28.7 cm³/mol. The second kappa shape index (κ2) is 4.49. The SMILES string of the molecule is O=C1CCC(=O)O1.O=[C]O. The number of aliphatic hydroxyl groups excluding tert-OH is 1. The van der Waals surface area contributed by atoms with E-state index in [-0.39, 0.29) is 12.8 Å². The van der Waals surface area contributed by atoms with Crippen LogP contribution in [0.1, 0.15) is 12.8 Å². The molecule has 1 aliphatic rings. The van der Waals surface area contributed by atoms with Crippen LogP contribution in [-0.2, 0) is 19.1 Å². The van der Waals surface area contributed by atoms with Crippen molar-refractivity contribution in [1.82, 2.24) is 0 Å². The van der Waals surface area contributed by atoms with E-state index in [1.807, 2.05) is 0 Å². The molecule has 0 saturated carbocycles. The molecule has 0 amide bonds. The maximum absolute atomic E-state index is 10.0. The van der Waals surface area contributed by atoms with Gasteiger partial charge in [-0.3, -0.25) is 9.59 Å². The van der Waals surface area contributed by atoms with E-state index in [0.29, 0.717) is 6.47 Å². The van der Waals surface area contributed by atoms with Crippen LogP contribution in [0.4, 0.5) is 0 Å². The van der Waals surface area contributed by atoms with Crippen LogP contribution in [0.3, 0.4) is 0 Å². The number of carbonyl (C=O) groups excluding carboxylic acids is 2. The Morgan fingerprint density at radius 1 is 1.30 bits per heavy atom. The molecule has 55 valence electrons. The molecule has 1 fully saturated rings. The molecule has 1 heterocycles. The number of hydrogen-bond acceptors (Lipinski definition) is 4. The third-order valence-corrected chi connectivity index (χ3v) is 0.761. The van der Waals surface area contributed by atoms with Crippen LogP contribution in [-0.4, -0.2) is 23.5 Å². The van der Waals surface area contributed by atoms with Gasteiger partial charge in [-0.15, -0.1) is 0 Å². The zero-order chi connectivity index (χ0) is 7.98. The minimum absolute atomic E-state index is 0.263. The molecule has 5 heteroatoms. The lowest BCUT2D eigenvalue weighted by Gasteiger charge is -1.79. The molecule has 1 rings (SSSR count). The smallest absolute Gasteiger partial charge is 0.414 e. The predicted octanol–water partition coefficient (Wildman–Crippen LogP) is -0.538. The molecule has 0 aromatic rings. The first kappa shape index (κ1) is 8.61. The van der Waals surface area contributed by atoms with E-state index in [1.165, 1.54) is 0 Å². The monoisotopic (exact) mass is 145 g/mol. The first-order chi connectivity index (χ1) is 4.70. The van der Waals surface area contributed by atoms with Gasteiger partial charge < -0.3 is 9.84 Å². The van der Waals surface area contributed by atoms with Crippen LogP contribution < -0.4 is 0 Å². The van der Waals surface area contributed by atoms with Crippen molar-refractivity contribution >= 4 is 18.4 Å². The number of esters is 2. The molecule has 0 bridgehead atoms. The summed E-state index contributed by atoms with van der Waals surface area (Å²) in [5, 5.41) is 6.76. The quantitative estimate of drug-likeness (QED) is 0.365. The molecule has 0 aliphatic carbocycles. The molecule has 0 aromatic heterocycles. The third-order valence-electron chi connectivity index (χ3n) is 0.761. The van der Waals surface area contributed by atoms with Gasteiger partial charge in [0.25, 0.3) is 0 Å². The fourth-order valence-electron chi connectivity index (χ4n) is 0.433. The van der Waals surface area contributed by atoms with E-state index in [0.717, 1.165) is 0 Å². The highest BCUT2D eigenvalue weighted by Crippen LogP contribution is 2.03. The first-order valence-electron chi connectivity index (χ1n) is 2.45. The Morgan fingerprint density at radius 3 is 1.70 bits per heavy atom. The van der Waals surface area contributed by atoms with Gasteiger partial charge in [-0.2, -0.15) is 0 Å². The van der Waals surface area contributed by atoms with Gasteiger partial charge in [-0.05, 0) is 0 Å². The van der Waals surface area contributed by atoms with Gasteiger partial charge in [0, 0.05) is 0 Å². The largest absolute Gasteiger partial charge is 0.473 e. The van der Waals surface area contributed by atoms with Gasteiger partial charge in [0.15, 0.2) is 0 Å². The van der Waals surface area contributed by atoms with Crippen molar-refractivity contribution in [1.29, 1.82) is 0 Å². The summed E-state index contributed by atoms with van der Waals surface area (Å²) in [6, 6.07) is 0. The minimum atomic E-state index is -0.398. The maximum Gasteiger partial charge on any atom is 0.414 e.